The van der Waals surface area contributed by atoms with Crippen LogP contribution < -0.4 is 0 Å². The molecular formula is C11H16O3S. The molecule has 1 aromatic carbocycles. The maximum Gasteiger partial charge on any atom is 0.296 e. The molecule has 0 saturated carbocycles. The van der Waals surface area contributed by atoms with Crippen molar-refractivity contribution in [3.63, 3.8) is 0 Å². The van der Waals surface area contributed by atoms with Crippen LogP contribution in [0, 0.1) is 0 Å². The Kier molecular flexibility index (Phi) is 4.29. The summed E-state index contributed by atoms with van der Waals surface area (Å²) in [7, 11) is -2.37. The summed E-state index contributed by atoms with van der Waals surface area (Å²) in [4.78, 5) is 0.235. The molecular weight excluding hydrogens is 212 g/mol. The smallest absolute Gasteiger partial charge is 0.270 e. The van der Waals surface area contributed by atoms with Crippen LogP contribution >= 0.6 is 0 Å². The van der Waals surface area contributed by atoms with E-state index in [2.05, 4.69) is 11.1 Å². The number of unbranched alkanes of at least 4 members (excludes halogenated alkanes) is 1. The van der Waals surface area contributed by atoms with Gasteiger partial charge in [0.25, 0.3) is 10.1 Å². The van der Waals surface area contributed by atoms with Gasteiger partial charge in [0.1, 0.15) is 0 Å². The molecule has 0 fully saturated rings. The Hall–Kier alpha value is -0.870. The zero-order valence-electron chi connectivity index (χ0n) is 9.06. The summed E-state index contributed by atoms with van der Waals surface area (Å²) in [6.07, 6.45) is 3.07. The first-order valence-corrected chi connectivity index (χ1v) is 6.40. The first kappa shape index (κ1) is 12.2. The Balaban J connectivity index is 2.93. The highest BCUT2D eigenvalue weighted by molar-refractivity contribution is 7.86. The first-order chi connectivity index (χ1) is 7.10. The third-order valence-electron chi connectivity index (χ3n) is 2.23. The third kappa shape index (κ3) is 3.32. The van der Waals surface area contributed by atoms with Crippen molar-refractivity contribution in [2.75, 3.05) is 7.11 Å². The molecule has 0 aliphatic carbocycles. The molecule has 3 nitrogen and oxygen atoms in total. The van der Waals surface area contributed by atoms with Crippen molar-refractivity contribution < 1.29 is 12.6 Å². The summed E-state index contributed by atoms with van der Waals surface area (Å²) in [5.41, 5.74) is 1.04. The van der Waals surface area contributed by atoms with Gasteiger partial charge in [-0.05, 0) is 30.5 Å². The Morgan fingerprint density at radius 2 is 2.07 bits per heavy atom. The predicted octanol–water partition coefficient (Wildman–Crippen LogP) is 2.36. The fourth-order valence-electron chi connectivity index (χ4n) is 1.33. The summed E-state index contributed by atoms with van der Waals surface area (Å²) >= 11 is 0. The van der Waals surface area contributed by atoms with Crippen molar-refractivity contribution in [2.45, 2.75) is 31.1 Å². The van der Waals surface area contributed by atoms with Gasteiger partial charge in [0.2, 0.25) is 0 Å². The molecule has 0 spiro atoms. The van der Waals surface area contributed by atoms with Crippen molar-refractivity contribution in [1.82, 2.24) is 0 Å². The summed E-state index contributed by atoms with van der Waals surface area (Å²) in [5, 5.41) is 0. The molecule has 0 bridgehead atoms. The normalized spacial score (nSPS) is 11.6. The minimum absolute atomic E-state index is 0.235. The lowest BCUT2D eigenvalue weighted by molar-refractivity contribution is 0.397. The highest BCUT2D eigenvalue weighted by Crippen LogP contribution is 2.15. The molecule has 0 atom stereocenters. The van der Waals surface area contributed by atoms with Gasteiger partial charge in [-0.15, -0.1) is 0 Å². The van der Waals surface area contributed by atoms with Crippen LogP contribution in [0.15, 0.2) is 29.2 Å². The van der Waals surface area contributed by atoms with Crippen molar-refractivity contribution in [3.8, 4) is 0 Å². The van der Waals surface area contributed by atoms with Crippen LogP contribution in [-0.2, 0) is 20.7 Å². The summed E-state index contributed by atoms with van der Waals surface area (Å²) in [5.74, 6) is 0. The van der Waals surface area contributed by atoms with Crippen LogP contribution in [0.4, 0.5) is 0 Å². The number of hydrogen-bond acceptors (Lipinski definition) is 3. The molecule has 0 amide bonds. The van der Waals surface area contributed by atoms with E-state index in [0.717, 1.165) is 24.8 Å². The molecule has 0 aliphatic heterocycles. The van der Waals surface area contributed by atoms with Gasteiger partial charge < -0.3 is 0 Å². The topological polar surface area (TPSA) is 43.4 Å². The lowest BCUT2D eigenvalue weighted by Crippen LogP contribution is -2.03. The highest BCUT2D eigenvalue weighted by atomic mass is 32.2. The summed E-state index contributed by atoms with van der Waals surface area (Å²) < 4.78 is 27.3. The van der Waals surface area contributed by atoms with Crippen LogP contribution in [-0.4, -0.2) is 15.5 Å². The van der Waals surface area contributed by atoms with Crippen LogP contribution in [0.5, 0.6) is 0 Å². The molecule has 0 heterocycles. The van der Waals surface area contributed by atoms with E-state index >= 15 is 0 Å². The molecule has 1 rings (SSSR count). The van der Waals surface area contributed by atoms with Gasteiger partial charge in [-0.2, -0.15) is 8.42 Å². The zero-order valence-corrected chi connectivity index (χ0v) is 9.88. The second-order valence-corrected chi connectivity index (χ2v) is 5.08. The van der Waals surface area contributed by atoms with Crippen LogP contribution in [0.2, 0.25) is 0 Å². The van der Waals surface area contributed by atoms with Gasteiger partial charge in [-0.1, -0.05) is 25.5 Å². The number of hydrogen-bond donors (Lipinski definition) is 0. The van der Waals surface area contributed by atoms with Gasteiger partial charge in [0.05, 0.1) is 12.0 Å². The van der Waals surface area contributed by atoms with E-state index in [-0.39, 0.29) is 4.90 Å². The number of aryl methyl sites for hydroxylation is 1. The predicted molar refractivity (Wildman–Crippen MR) is 59.2 cm³/mol. The second kappa shape index (κ2) is 5.28. The minimum Gasteiger partial charge on any atom is -0.270 e. The van der Waals surface area contributed by atoms with E-state index in [0.29, 0.717) is 0 Å². The van der Waals surface area contributed by atoms with Crippen LogP contribution in [0.3, 0.4) is 0 Å². The Labute approximate surface area is 91.2 Å². The zero-order chi connectivity index (χ0) is 11.3. The molecule has 0 N–H and O–H groups in total. The largest absolute Gasteiger partial charge is 0.296 e. The van der Waals surface area contributed by atoms with Gasteiger partial charge >= 0.3 is 0 Å². The fraction of sp³-hybridized carbons (Fsp3) is 0.455. The lowest BCUT2D eigenvalue weighted by Gasteiger charge is -2.04. The van der Waals surface area contributed by atoms with Crippen molar-refractivity contribution in [2.24, 2.45) is 0 Å². The second-order valence-electron chi connectivity index (χ2n) is 3.37. The maximum atomic E-state index is 11.4. The monoisotopic (exact) mass is 228 g/mol. The SMILES string of the molecule is CCCCc1cccc(S(=O)(=O)OC)c1. The number of rotatable bonds is 5. The molecule has 84 valence electrons. The molecule has 0 saturated heterocycles. The molecule has 1 aromatic rings. The van der Waals surface area contributed by atoms with Crippen molar-refractivity contribution >= 4 is 10.1 Å². The van der Waals surface area contributed by atoms with Gasteiger partial charge in [-0.25, -0.2) is 0 Å². The highest BCUT2D eigenvalue weighted by Gasteiger charge is 2.12. The van der Waals surface area contributed by atoms with Crippen LogP contribution in [0.1, 0.15) is 25.3 Å². The van der Waals surface area contributed by atoms with E-state index in [1.54, 1.807) is 18.2 Å². The molecule has 0 radical (unpaired) electrons. The summed E-state index contributed by atoms with van der Waals surface area (Å²) in [6, 6.07) is 6.91. The molecule has 0 unspecified atom stereocenters. The van der Waals surface area contributed by atoms with Gasteiger partial charge in [-0.3, -0.25) is 4.18 Å². The lowest BCUT2D eigenvalue weighted by atomic mass is 10.1. The number of benzene rings is 1. The molecule has 4 heteroatoms. The Morgan fingerprint density at radius 1 is 1.33 bits per heavy atom. The first-order valence-electron chi connectivity index (χ1n) is 4.99. The van der Waals surface area contributed by atoms with E-state index in [9.17, 15) is 8.42 Å². The molecule has 15 heavy (non-hydrogen) atoms. The standard InChI is InChI=1S/C11H16O3S/c1-3-4-6-10-7-5-8-11(9-10)15(12,13)14-2/h5,7-9H,3-4,6H2,1-2H3. The van der Waals surface area contributed by atoms with Crippen molar-refractivity contribution in [3.05, 3.63) is 29.8 Å². The summed E-state index contributed by atoms with van der Waals surface area (Å²) in [6.45, 7) is 2.11. The average Bonchev–Trinajstić information content (AvgIpc) is 2.27. The third-order valence-corrected chi connectivity index (χ3v) is 3.50. The Bertz CT molecular complexity index is 410. The van der Waals surface area contributed by atoms with E-state index in [4.69, 9.17) is 0 Å². The Morgan fingerprint density at radius 3 is 2.67 bits per heavy atom. The van der Waals surface area contributed by atoms with Gasteiger partial charge in [0, 0.05) is 0 Å². The van der Waals surface area contributed by atoms with Crippen LogP contribution in [0.25, 0.3) is 0 Å². The maximum absolute atomic E-state index is 11.4. The quantitative estimate of drug-likeness (QED) is 0.727. The molecule has 0 aliphatic rings. The van der Waals surface area contributed by atoms with Gasteiger partial charge in [0.15, 0.2) is 0 Å². The van der Waals surface area contributed by atoms with E-state index < -0.39 is 10.1 Å². The fourth-order valence-corrected chi connectivity index (χ4v) is 2.07. The molecule has 0 aromatic heterocycles. The van der Waals surface area contributed by atoms with E-state index in [1.165, 1.54) is 7.11 Å². The van der Waals surface area contributed by atoms with Crippen molar-refractivity contribution in [1.29, 1.82) is 0 Å². The van der Waals surface area contributed by atoms with E-state index in [1.807, 2.05) is 6.07 Å². The average molecular weight is 228 g/mol. The minimum atomic E-state index is -3.55.